The van der Waals surface area contributed by atoms with Gasteiger partial charge in [0, 0.05) is 24.7 Å². The summed E-state index contributed by atoms with van der Waals surface area (Å²) in [6.45, 7) is 2.16. The Kier molecular flexibility index (Phi) is 9.85. The van der Waals surface area contributed by atoms with E-state index in [-0.39, 0.29) is 23.6 Å². The highest BCUT2D eigenvalue weighted by molar-refractivity contribution is 5.84. The molecule has 0 aliphatic heterocycles. The smallest absolute Gasteiger partial charge is 0.305 e. The predicted octanol–water partition coefficient (Wildman–Crippen LogP) is 3.81. The Bertz CT molecular complexity index is 389. The molecule has 1 aliphatic carbocycles. The zero-order valence-electron chi connectivity index (χ0n) is 14.6. The fourth-order valence-electron chi connectivity index (χ4n) is 3.26. The molecule has 132 valence electrons. The molecular formula is C19H32O4. The van der Waals surface area contributed by atoms with E-state index in [9.17, 15) is 14.7 Å². The van der Waals surface area contributed by atoms with Crippen molar-refractivity contribution in [2.45, 2.75) is 77.2 Å². The van der Waals surface area contributed by atoms with Crippen molar-refractivity contribution in [2.75, 3.05) is 7.11 Å². The van der Waals surface area contributed by atoms with Crippen LogP contribution in [0.5, 0.6) is 0 Å². The highest BCUT2D eigenvalue weighted by atomic mass is 16.5. The Morgan fingerprint density at radius 3 is 2.70 bits per heavy atom. The van der Waals surface area contributed by atoms with Gasteiger partial charge >= 0.3 is 5.97 Å². The van der Waals surface area contributed by atoms with Crippen LogP contribution in [-0.4, -0.2) is 30.1 Å². The van der Waals surface area contributed by atoms with Gasteiger partial charge in [0.15, 0.2) is 0 Å². The number of hydrogen-bond acceptors (Lipinski definition) is 4. The van der Waals surface area contributed by atoms with Gasteiger partial charge in [0.25, 0.3) is 0 Å². The lowest BCUT2D eigenvalue weighted by molar-refractivity contribution is -0.140. The number of Topliss-reactive ketones (excluding diaryl/α,β-unsaturated/α-hetero) is 1. The van der Waals surface area contributed by atoms with Gasteiger partial charge in [-0.1, -0.05) is 51.2 Å². The Hall–Kier alpha value is -1.16. The van der Waals surface area contributed by atoms with Crippen LogP contribution in [0.3, 0.4) is 0 Å². The summed E-state index contributed by atoms with van der Waals surface area (Å²) in [4.78, 5) is 23.1. The highest BCUT2D eigenvalue weighted by Crippen LogP contribution is 2.34. The molecule has 1 aliphatic rings. The number of hydrogen-bond donors (Lipinski definition) is 1. The third-order valence-corrected chi connectivity index (χ3v) is 4.69. The van der Waals surface area contributed by atoms with Crippen LogP contribution in [0.4, 0.5) is 0 Å². The first kappa shape index (κ1) is 19.9. The van der Waals surface area contributed by atoms with Crippen LogP contribution in [0.25, 0.3) is 0 Å². The molecule has 4 heteroatoms. The van der Waals surface area contributed by atoms with E-state index in [2.05, 4.69) is 23.8 Å². The molecule has 0 radical (unpaired) electrons. The maximum Gasteiger partial charge on any atom is 0.305 e. The molecule has 3 atom stereocenters. The second kappa shape index (κ2) is 11.4. The molecular weight excluding hydrogens is 292 g/mol. The number of carbonyl (C=O) groups is 2. The summed E-state index contributed by atoms with van der Waals surface area (Å²) in [7, 11) is 1.41. The second-order valence-electron chi connectivity index (χ2n) is 6.52. The summed E-state index contributed by atoms with van der Waals surface area (Å²) in [5.74, 6) is 0.0199. The van der Waals surface area contributed by atoms with Gasteiger partial charge in [0.1, 0.15) is 5.78 Å². The summed E-state index contributed by atoms with van der Waals surface area (Å²) >= 11 is 0. The fourth-order valence-corrected chi connectivity index (χ4v) is 3.26. The average molecular weight is 324 g/mol. The second-order valence-corrected chi connectivity index (χ2v) is 6.52. The van der Waals surface area contributed by atoms with Gasteiger partial charge in [-0.3, -0.25) is 9.59 Å². The van der Waals surface area contributed by atoms with Crippen LogP contribution in [0.1, 0.15) is 71.1 Å². The van der Waals surface area contributed by atoms with Gasteiger partial charge in [-0.05, 0) is 19.3 Å². The Morgan fingerprint density at radius 1 is 1.26 bits per heavy atom. The first-order chi connectivity index (χ1) is 11.1. The third kappa shape index (κ3) is 7.30. The summed E-state index contributed by atoms with van der Waals surface area (Å²) in [5, 5.41) is 10.1. The molecule has 0 aromatic heterocycles. The normalized spacial score (nSPS) is 24.5. The van der Waals surface area contributed by atoms with E-state index < -0.39 is 6.10 Å². The van der Waals surface area contributed by atoms with Crippen molar-refractivity contribution >= 4 is 11.8 Å². The van der Waals surface area contributed by atoms with E-state index in [0.717, 1.165) is 51.4 Å². The maximum absolute atomic E-state index is 12.1. The molecule has 1 N–H and O–H groups in total. The Balaban J connectivity index is 2.30. The summed E-state index contributed by atoms with van der Waals surface area (Å²) in [6, 6.07) is 0. The number of methoxy groups -OCH3 is 1. The van der Waals surface area contributed by atoms with Crippen molar-refractivity contribution in [1.82, 2.24) is 0 Å². The number of allylic oxidation sites excluding steroid dienone is 1. The van der Waals surface area contributed by atoms with Crippen LogP contribution in [0, 0.1) is 11.8 Å². The van der Waals surface area contributed by atoms with Crippen LogP contribution >= 0.6 is 0 Å². The molecule has 0 amide bonds. The lowest BCUT2D eigenvalue weighted by Crippen LogP contribution is -2.18. The first-order valence-corrected chi connectivity index (χ1v) is 9.04. The Labute approximate surface area is 140 Å². The molecule has 23 heavy (non-hydrogen) atoms. The monoisotopic (exact) mass is 324 g/mol. The number of ether oxygens (including phenoxy) is 1. The fraction of sp³-hybridized carbons (Fsp3) is 0.789. The molecule has 0 aromatic rings. The topological polar surface area (TPSA) is 63.6 Å². The van der Waals surface area contributed by atoms with Crippen molar-refractivity contribution < 1.29 is 19.4 Å². The first-order valence-electron chi connectivity index (χ1n) is 9.04. The maximum atomic E-state index is 12.1. The average Bonchev–Trinajstić information content (AvgIpc) is 2.80. The van der Waals surface area contributed by atoms with E-state index in [1.165, 1.54) is 7.11 Å². The molecule has 1 rings (SSSR count). The van der Waals surface area contributed by atoms with Crippen LogP contribution in [-0.2, 0) is 14.3 Å². The van der Waals surface area contributed by atoms with Gasteiger partial charge in [0.05, 0.1) is 13.2 Å². The molecule has 0 aromatic carbocycles. The molecule has 0 unspecified atom stereocenters. The van der Waals surface area contributed by atoms with Gasteiger partial charge < -0.3 is 9.84 Å². The third-order valence-electron chi connectivity index (χ3n) is 4.69. The van der Waals surface area contributed by atoms with E-state index in [4.69, 9.17) is 0 Å². The van der Waals surface area contributed by atoms with E-state index in [1.54, 1.807) is 0 Å². The molecule has 1 saturated carbocycles. The number of ketones is 1. The molecule has 1 fully saturated rings. The summed E-state index contributed by atoms with van der Waals surface area (Å²) < 4.78 is 4.61. The number of aliphatic hydroxyl groups excluding tert-OH is 1. The number of esters is 1. The molecule has 0 saturated heterocycles. The zero-order chi connectivity index (χ0) is 17.1. The van der Waals surface area contributed by atoms with Crippen molar-refractivity contribution in [3.63, 3.8) is 0 Å². The molecule has 0 spiro atoms. The standard InChI is InChI=1S/C19H32O4/c1-3-4-5-8-11-15-16(18(21)14-17(15)20)12-9-6-7-10-13-19(22)23-2/h8,11,15-17,20H,3-7,9-10,12-14H2,1-2H3/t15-,16-,17+/m0/s1. The van der Waals surface area contributed by atoms with Crippen LogP contribution in [0.15, 0.2) is 12.2 Å². The van der Waals surface area contributed by atoms with Crippen LogP contribution < -0.4 is 0 Å². The van der Waals surface area contributed by atoms with E-state index in [1.807, 2.05) is 0 Å². The quantitative estimate of drug-likeness (QED) is 0.356. The largest absolute Gasteiger partial charge is 0.469 e. The highest BCUT2D eigenvalue weighted by Gasteiger charge is 2.39. The number of carbonyl (C=O) groups excluding carboxylic acids is 2. The number of rotatable bonds is 11. The van der Waals surface area contributed by atoms with Gasteiger partial charge in [0.2, 0.25) is 0 Å². The van der Waals surface area contributed by atoms with Crippen molar-refractivity contribution in [3.8, 4) is 0 Å². The SMILES string of the molecule is CCCCC=C[C@@H]1[C@H](O)CC(=O)[C@H]1CCCCCCC(=O)OC. The number of aliphatic hydroxyl groups is 1. The summed E-state index contributed by atoms with van der Waals surface area (Å²) in [6.07, 6.45) is 12.4. The van der Waals surface area contributed by atoms with Crippen molar-refractivity contribution in [2.24, 2.45) is 11.8 Å². The van der Waals surface area contributed by atoms with Crippen molar-refractivity contribution in [3.05, 3.63) is 12.2 Å². The summed E-state index contributed by atoms with van der Waals surface area (Å²) in [5.41, 5.74) is 0. The van der Waals surface area contributed by atoms with E-state index in [0.29, 0.717) is 12.8 Å². The predicted molar refractivity (Wildman–Crippen MR) is 91.0 cm³/mol. The number of unbranched alkanes of at least 4 members (excludes halogenated alkanes) is 5. The zero-order valence-corrected chi connectivity index (χ0v) is 14.6. The Morgan fingerprint density at radius 2 is 2.00 bits per heavy atom. The minimum atomic E-state index is -0.510. The van der Waals surface area contributed by atoms with E-state index >= 15 is 0 Å². The van der Waals surface area contributed by atoms with Gasteiger partial charge in [-0.25, -0.2) is 0 Å². The minimum absolute atomic E-state index is 0.00516. The molecule has 4 nitrogen and oxygen atoms in total. The lowest BCUT2D eigenvalue weighted by atomic mass is 9.88. The van der Waals surface area contributed by atoms with Gasteiger partial charge in [-0.2, -0.15) is 0 Å². The van der Waals surface area contributed by atoms with Crippen molar-refractivity contribution in [1.29, 1.82) is 0 Å². The molecule has 0 heterocycles. The lowest BCUT2D eigenvalue weighted by Gasteiger charge is -2.17. The molecule has 0 bridgehead atoms. The van der Waals surface area contributed by atoms with Gasteiger partial charge in [-0.15, -0.1) is 0 Å². The van der Waals surface area contributed by atoms with Crippen LogP contribution in [0.2, 0.25) is 0 Å². The minimum Gasteiger partial charge on any atom is -0.469 e.